The van der Waals surface area contributed by atoms with Gasteiger partial charge in [-0.3, -0.25) is 5.43 Å². The van der Waals surface area contributed by atoms with E-state index in [0.717, 1.165) is 12.5 Å². The summed E-state index contributed by atoms with van der Waals surface area (Å²) in [5.41, 5.74) is 2.68. The summed E-state index contributed by atoms with van der Waals surface area (Å²) in [5, 5.41) is 0. The van der Waals surface area contributed by atoms with Crippen molar-refractivity contribution in [3.63, 3.8) is 0 Å². The number of hydrazine groups is 1. The Morgan fingerprint density at radius 1 is 1.62 bits per heavy atom. The predicted molar refractivity (Wildman–Crippen MR) is 68.2 cm³/mol. The van der Waals surface area contributed by atoms with Gasteiger partial charge in [-0.2, -0.15) is 0 Å². The minimum atomic E-state index is 0.259. The van der Waals surface area contributed by atoms with Crippen molar-refractivity contribution in [2.75, 3.05) is 27.2 Å². The maximum Gasteiger partial charge on any atom is 0.208 e. The summed E-state index contributed by atoms with van der Waals surface area (Å²) in [4.78, 5) is 8.96. The molecule has 1 saturated heterocycles. The number of nitrogens with two attached hydrogens (primary N) is 1. The number of rotatable bonds is 3. The maximum atomic E-state index is 5.49. The first kappa shape index (κ1) is 13.3. The minimum Gasteiger partial charge on any atom is -0.343 e. The summed E-state index contributed by atoms with van der Waals surface area (Å²) in [6.45, 7) is 6.28. The highest BCUT2D eigenvalue weighted by Crippen LogP contribution is 2.15. The molecule has 5 nitrogen and oxygen atoms in total. The molecule has 0 aromatic carbocycles. The van der Waals surface area contributed by atoms with E-state index < -0.39 is 0 Å². The Labute approximate surface area is 98.7 Å². The van der Waals surface area contributed by atoms with Gasteiger partial charge in [0.25, 0.3) is 0 Å². The maximum absolute atomic E-state index is 5.49. The largest absolute Gasteiger partial charge is 0.343 e. The first-order valence-electron chi connectivity index (χ1n) is 6.00. The van der Waals surface area contributed by atoms with Gasteiger partial charge in [0.15, 0.2) is 0 Å². The summed E-state index contributed by atoms with van der Waals surface area (Å²) < 4.78 is 0. The highest BCUT2D eigenvalue weighted by atomic mass is 15.4. The molecule has 16 heavy (non-hydrogen) atoms. The van der Waals surface area contributed by atoms with E-state index in [1.807, 2.05) is 20.9 Å². The molecule has 0 aromatic heterocycles. The standard InChI is InChI=1S/C11H25N5/c1-9(2)13-11(14-12)16(4)8-10-6-5-7-15(10)3/h9-10H,5-8,12H2,1-4H3,(H,13,14). The summed E-state index contributed by atoms with van der Waals surface area (Å²) in [5.74, 6) is 6.27. The molecule has 0 spiro atoms. The van der Waals surface area contributed by atoms with Crippen LogP contribution in [0.3, 0.4) is 0 Å². The van der Waals surface area contributed by atoms with Crippen molar-refractivity contribution in [1.82, 2.24) is 15.2 Å². The number of hydrogen-bond donors (Lipinski definition) is 2. The summed E-state index contributed by atoms with van der Waals surface area (Å²) in [7, 11) is 4.22. The SMILES string of the molecule is CC(C)N=C(NN)N(C)CC1CCCN1C. The molecule has 1 aliphatic heterocycles. The third kappa shape index (κ3) is 3.64. The highest BCUT2D eigenvalue weighted by Gasteiger charge is 2.23. The quantitative estimate of drug-likeness (QED) is 0.314. The zero-order chi connectivity index (χ0) is 12.1. The highest BCUT2D eigenvalue weighted by molar-refractivity contribution is 5.79. The van der Waals surface area contributed by atoms with Crippen molar-refractivity contribution in [3.8, 4) is 0 Å². The molecule has 0 aliphatic carbocycles. The molecule has 1 atom stereocenters. The van der Waals surface area contributed by atoms with Gasteiger partial charge in [0.2, 0.25) is 5.96 Å². The van der Waals surface area contributed by atoms with E-state index >= 15 is 0 Å². The fraction of sp³-hybridized carbons (Fsp3) is 0.909. The summed E-state index contributed by atoms with van der Waals surface area (Å²) in [6.07, 6.45) is 2.56. The minimum absolute atomic E-state index is 0.259. The lowest BCUT2D eigenvalue weighted by Gasteiger charge is -2.28. The number of hydrogen-bond acceptors (Lipinski definition) is 3. The van der Waals surface area contributed by atoms with Gasteiger partial charge in [-0.25, -0.2) is 10.8 Å². The molecule has 1 fully saturated rings. The third-order valence-corrected chi connectivity index (χ3v) is 3.03. The van der Waals surface area contributed by atoms with Crippen LogP contribution in [0.15, 0.2) is 4.99 Å². The number of likely N-dealkylation sites (tertiary alicyclic amines) is 1. The average Bonchev–Trinajstić information content (AvgIpc) is 2.60. The molecule has 1 rings (SSSR count). The summed E-state index contributed by atoms with van der Waals surface area (Å²) in [6, 6.07) is 0.880. The van der Waals surface area contributed by atoms with Crippen LogP contribution in [0.4, 0.5) is 0 Å². The molecule has 1 unspecified atom stereocenters. The molecule has 0 bridgehead atoms. The predicted octanol–water partition coefficient (Wildman–Crippen LogP) is 0.240. The second kappa shape index (κ2) is 6.06. The van der Waals surface area contributed by atoms with Crippen LogP contribution in [-0.4, -0.2) is 55.0 Å². The second-order valence-electron chi connectivity index (χ2n) is 4.85. The molecule has 1 aliphatic rings. The van der Waals surface area contributed by atoms with Crippen LogP contribution >= 0.6 is 0 Å². The first-order valence-corrected chi connectivity index (χ1v) is 6.00. The van der Waals surface area contributed by atoms with Crippen LogP contribution < -0.4 is 11.3 Å². The monoisotopic (exact) mass is 227 g/mol. The van der Waals surface area contributed by atoms with Gasteiger partial charge in [-0.05, 0) is 40.3 Å². The van der Waals surface area contributed by atoms with Crippen molar-refractivity contribution in [3.05, 3.63) is 0 Å². The van der Waals surface area contributed by atoms with Gasteiger partial charge >= 0.3 is 0 Å². The Bertz CT molecular complexity index is 239. The van der Waals surface area contributed by atoms with Crippen LogP contribution in [0.25, 0.3) is 0 Å². The van der Waals surface area contributed by atoms with E-state index in [-0.39, 0.29) is 6.04 Å². The number of nitrogens with zero attached hydrogens (tertiary/aromatic N) is 3. The Kier molecular flexibility index (Phi) is 5.02. The van der Waals surface area contributed by atoms with E-state index in [2.05, 4.69) is 27.3 Å². The smallest absolute Gasteiger partial charge is 0.208 e. The van der Waals surface area contributed by atoms with E-state index in [9.17, 15) is 0 Å². The van der Waals surface area contributed by atoms with Crippen LogP contribution in [0.5, 0.6) is 0 Å². The van der Waals surface area contributed by atoms with Crippen LogP contribution in [-0.2, 0) is 0 Å². The lowest BCUT2D eigenvalue weighted by Crippen LogP contribution is -2.47. The molecule has 0 aromatic rings. The average molecular weight is 227 g/mol. The molecule has 0 radical (unpaired) electrons. The van der Waals surface area contributed by atoms with Crippen LogP contribution in [0.2, 0.25) is 0 Å². The van der Waals surface area contributed by atoms with E-state index in [1.54, 1.807) is 0 Å². The lowest BCUT2D eigenvalue weighted by atomic mass is 10.2. The molecular weight excluding hydrogens is 202 g/mol. The Morgan fingerprint density at radius 2 is 2.31 bits per heavy atom. The van der Waals surface area contributed by atoms with Gasteiger partial charge in [-0.15, -0.1) is 0 Å². The molecule has 1 heterocycles. The van der Waals surface area contributed by atoms with Crippen LogP contribution in [0.1, 0.15) is 26.7 Å². The normalized spacial score (nSPS) is 22.9. The molecule has 3 N–H and O–H groups in total. The van der Waals surface area contributed by atoms with Gasteiger partial charge in [0, 0.05) is 25.7 Å². The molecule has 0 amide bonds. The fourth-order valence-corrected chi connectivity index (χ4v) is 2.10. The number of guanidine groups is 1. The van der Waals surface area contributed by atoms with Crippen molar-refractivity contribution < 1.29 is 0 Å². The van der Waals surface area contributed by atoms with Crippen molar-refractivity contribution in [2.45, 2.75) is 38.8 Å². The van der Waals surface area contributed by atoms with Crippen molar-refractivity contribution in [1.29, 1.82) is 0 Å². The third-order valence-electron chi connectivity index (χ3n) is 3.03. The number of nitrogens with one attached hydrogen (secondary N) is 1. The van der Waals surface area contributed by atoms with E-state index in [4.69, 9.17) is 5.84 Å². The second-order valence-corrected chi connectivity index (χ2v) is 4.85. The Hall–Kier alpha value is -0.810. The topological polar surface area (TPSA) is 56.9 Å². The van der Waals surface area contributed by atoms with Gasteiger partial charge < -0.3 is 9.80 Å². The zero-order valence-electron chi connectivity index (χ0n) is 10.9. The van der Waals surface area contributed by atoms with E-state index in [1.165, 1.54) is 19.4 Å². The molecule has 94 valence electrons. The molecular formula is C11H25N5. The molecule has 0 saturated carbocycles. The lowest BCUT2D eigenvalue weighted by molar-refractivity contribution is 0.264. The fourth-order valence-electron chi connectivity index (χ4n) is 2.10. The number of likely N-dealkylation sites (N-methyl/N-ethyl adjacent to an activating group) is 2. The zero-order valence-corrected chi connectivity index (χ0v) is 10.9. The first-order chi connectivity index (χ1) is 7.54. The number of aliphatic imine (C=N–C) groups is 1. The summed E-state index contributed by atoms with van der Waals surface area (Å²) >= 11 is 0. The Balaban J connectivity index is 2.52. The van der Waals surface area contributed by atoms with Gasteiger partial charge in [-0.1, -0.05) is 0 Å². The molecule has 5 heteroatoms. The van der Waals surface area contributed by atoms with Crippen molar-refractivity contribution in [2.24, 2.45) is 10.8 Å². The van der Waals surface area contributed by atoms with E-state index in [0.29, 0.717) is 6.04 Å². The van der Waals surface area contributed by atoms with Gasteiger partial charge in [0.05, 0.1) is 0 Å². The van der Waals surface area contributed by atoms with Gasteiger partial charge in [0.1, 0.15) is 0 Å². The van der Waals surface area contributed by atoms with Crippen LogP contribution in [0, 0.1) is 0 Å². The Morgan fingerprint density at radius 3 is 2.75 bits per heavy atom. The van der Waals surface area contributed by atoms with Crippen molar-refractivity contribution >= 4 is 5.96 Å².